The second-order valence-electron chi connectivity index (χ2n) is 8.47. The number of carboxylic acid groups (broad SMARTS) is 1. The van der Waals surface area contributed by atoms with Gasteiger partial charge in [0.1, 0.15) is 5.82 Å². The van der Waals surface area contributed by atoms with Gasteiger partial charge in [-0.05, 0) is 56.0 Å². The van der Waals surface area contributed by atoms with Gasteiger partial charge in [-0.15, -0.1) is 0 Å². The summed E-state index contributed by atoms with van der Waals surface area (Å²) in [6.07, 6.45) is 0.244. The van der Waals surface area contributed by atoms with Crippen molar-refractivity contribution in [3.05, 3.63) is 70.6 Å². The number of H-pyrrole nitrogens is 1. The van der Waals surface area contributed by atoms with Crippen molar-refractivity contribution in [3.63, 3.8) is 0 Å². The van der Waals surface area contributed by atoms with E-state index in [0.29, 0.717) is 28.6 Å². The van der Waals surface area contributed by atoms with E-state index in [1.807, 2.05) is 0 Å². The minimum atomic E-state index is -1.47. The molecule has 0 aliphatic carbocycles. The molecule has 2 atom stereocenters. The zero-order chi connectivity index (χ0) is 25.6. The summed E-state index contributed by atoms with van der Waals surface area (Å²) in [6, 6.07) is 12.1. The molecule has 8 nitrogen and oxygen atoms in total. The van der Waals surface area contributed by atoms with Crippen LogP contribution in [0, 0.1) is 11.2 Å². The molecule has 0 aliphatic heterocycles. The number of aliphatic carboxylic acids is 1. The second-order valence-corrected chi connectivity index (χ2v) is 8.91. The van der Waals surface area contributed by atoms with E-state index in [0.717, 1.165) is 5.56 Å². The smallest absolute Gasteiger partial charge is 0.311 e. The lowest BCUT2D eigenvalue weighted by molar-refractivity contribution is -0.151. The SMILES string of the molecule is CCOc1cc(C(=O)N[C@H](Cc2ccc(-c3cc(Cl)ccc3F)cc2)C[C@@](C)(CO)C(=O)O)n[nH]1. The Kier molecular flexibility index (Phi) is 8.48. The van der Waals surface area contributed by atoms with Gasteiger partial charge >= 0.3 is 5.97 Å². The Hall–Kier alpha value is -3.43. The number of hydrogen-bond acceptors (Lipinski definition) is 5. The molecule has 0 saturated heterocycles. The molecule has 3 rings (SSSR count). The number of benzene rings is 2. The van der Waals surface area contributed by atoms with Crippen LogP contribution in [0.5, 0.6) is 5.88 Å². The number of nitrogens with one attached hydrogen (secondary N) is 2. The third-order valence-electron chi connectivity index (χ3n) is 5.66. The molecule has 1 heterocycles. The van der Waals surface area contributed by atoms with Crippen molar-refractivity contribution in [1.29, 1.82) is 0 Å². The fourth-order valence-electron chi connectivity index (χ4n) is 3.67. The summed E-state index contributed by atoms with van der Waals surface area (Å²) in [7, 11) is 0. The van der Waals surface area contributed by atoms with Gasteiger partial charge in [0, 0.05) is 22.7 Å². The van der Waals surface area contributed by atoms with Gasteiger partial charge in [-0.25, -0.2) is 9.49 Å². The number of hydrogen-bond donors (Lipinski definition) is 4. The van der Waals surface area contributed by atoms with E-state index < -0.39 is 35.8 Å². The molecule has 0 fully saturated rings. The molecular weight excluding hydrogens is 477 g/mol. The fourth-order valence-corrected chi connectivity index (χ4v) is 3.84. The van der Waals surface area contributed by atoms with E-state index in [4.69, 9.17) is 16.3 Å². The Morgan fingerprint density at radius 3 is 2.57 bits per heavy atom. The van der Waals surface area contributed by atoms with Crippen LogP contribution in [0.2, 0.25) is 5.02 Å². The van der Waals surface area contributed by atoms with E-state index in [9.17, 15) is 24.2 Å². The second kappa shape index (κ2) is 11.3. The predicted molar refractivity (Wildman–Crippen MR) is 129 cm³/mol. The zero-order valence-electron chi connectivity index (χ0n) is 19.3. The number of carbonyl (C=O) groups is 2. The molecule has 0 spiro atoms. The monoisotopic (exact) mass is 503 g/mol. The van der Waals surface area contributed by atoms with Gasteiger partial charge in [0.15, 0.2) is 5.69 Å². The summed E-state index contributed by atoms with van der Waals surface area (Å²) in [5, 5.41) is 29.1. The molecule has 3 aromatic rings. The minimum absolute atomic E-state index is 0.0298. The van der Waals surface area contributed by atoms with Gasteiger partial charge in [-0.1, -0.05) is 35.9 Å². The molecule has 0 aliphatic rings. The summed E-state index contributed by atoms with van der Waals surface area (Å²) in [5.74, 6) is -1.76. The zero-order valence-corrected chi connectivity index (χ0v) is 20.1. The van der Waals surface area contributed by atoms with Crippen LogP contribution in [0.4, 0.5) is 4.39 Å². The van der Waals surface area contributed by atoms with Crippen molar-refractivity contribution >= 4 is 23.5 Å². The Labute approximate surface area is 207 Å². The van der Waals surface area contributed by atoms with Crippen molar-refractivity contribution in [2.45, 2.75) is 32.7 Å². The Bertz CT molecular complexity index is 1180. The summed E-state index contributed by atoms with van der Waals surface area (Å²) < 4.78 is 19.5. The molecule has 1 aromatic heterocycles. The van der Waals surface area contributed by atoms with Crippen LogP contribution in [-0.4, -0.2) is 51.5 Å². The van der Waals surface area contributed by atoms with Crippen LogP contribution < -0.4 is 10.1 Å². The number of aromatic nitrogens is 2. The number of aliphatic hydroxyl groups is 1. The number of ether oxygens (including phenoxy) is 1. The quantitative estimate of drug-likeness (QED) is 0.312. The molecule has 35 heavy (non-hydrogen) atoms. The normalized spacial score (nSPS) is 13.6. The Morgan fingerprint density at radius 1 is 1.23 bits per heavy atom. The number of rotatable bonds is 11. The Balaban J connectivity index is 1.82. The third kappa shape index (κ3) is 6.58. The van der Waals surface area contributed by atoms with Crippen molar-refractivity contribution in [2.24, 2.45) is 5.41 Å². The summed E-state index contributed by atoms with van der Waals surface area (Å²) in [4.78, 5) is 24.6. The third-order valence-corrected chi connectivity index (χ3v) is 5.89. The van der Waals surface area contributed by atoms with E-state index in [1.165, 1.54) is 31.2 Å². The molecule has 2 aromatic carbocycles. The first-order valence-electron chi connectivity index (χ1n) is 11.0. The first-order valence-corrected chi connectivity index (χ1v) is 11.4. The largest absolute Gasteiger partial charge is 0.481 e. The topological polar surface area (TPSA) is 125 Å². The van der Waals surface area contributed by atoms with Crippen LogP contribution in [-0.2, 0) is 11.2 Å². The number of nitrogens with zero attached hydrogens (tertiary/aromatic N) is 1. The van der Waals surface area contributed by atoms with Gasteiger partial charge in [-0.2, -0.15) is 5.10 Å². The average Bonchev–Trinajstić information content (AvgIpc) is 3.30. The van der Waals surface area contributed by atoms with Gasteiger partial charge in [0.2, 0.25) is 5.88 Å². The van der Waals surface area contributed by atoms with E-state index in [2.05, 4.69) is 15.5 Å². The Morgan fingerprint density at radius 2 is 1.94 bits per heavy atom. The van der Waals surface area contributed by atoms with Crippen molar-refractivity contribution in [2.75, 3.05) is 13.2 Å². The number of aromatic amines is 1. The average molecular weight is 504 g/mol. The van der Waals surface area contributed by atoms with Crippen molar-refractivity contribution < 1.29 is 28.9 Å². The maximum atomic E-state index is 14.2. The summed E-state index contributed by atoms with van der Waals surface area (Å²) in [5.41, 5.74) is 0.385. The molecular formula is C25H27ClFN3O5. The predicted octanol–water partition coefficient (Wildman–Crippen LogP) is 4.08. The van der Waals surface area contributed by atoms with Gasteiger partial charge in [0.25, 0.3) is 5.91 Å². The lowest BCUT2D eigenvalue weighted by Crippen LogP contribution is -2.44. The standard InChI is InChI=1S/C25H27ClFN3O5/c1-3-35-22-12-21(29-30-22)23(32)28-18(13-25(2,14-31)24(33)34)10-15-4-6-16(7-5-15)19-11-17(26)8-9-20(19)27/h4-9,11-12,18,31H,3,10,13-14H2,1-2H3,(H,28,32)(H,29,30)(H,33,34)/t18-,25+/m1/s1. The van der Waals surface area contributed by atoms with Crippen LogP contribution in [0.1, 0.15) is 36.3 Å². The summed E-state index contributed by atoms with van der Waals surface area (Å²) >= 11 is 6.00. The molecule has 0 bridgehead atoms. The van der Waals surface area contributed by atoms with Crippen molar-refractivity contribution in [3.8, 4) is 17.0 Å². The highest BCUT2D eigenvalue weighted by Crippen LogP contribution is 2.28. The summed E-state index contributed by atoms with van der Waals surface area (Å²) in [6.45, 7) is 3.01. The van der Waals surface area contributed by atoms with E-state index in [1.54, 1.807) is 31.2 Å². The van der Waals surface area contributed by atoms with Crippen LogP contribution in [0.25, 0.3) is 11.1 Å². The number of halogens is 2. The number of carboxylic acids is 1. The maximum Gasteiger partial charge on any atom is 0.311 e. The van der Waals surface area contributed by atoms with Crippen molar-refractivity contribution in [1.82, 2.24) is 15.5 Å². The molecule has 0 radical (unpaired) electrons. The van der Waals surface area contributed by atoms with Gasteiger partial charge in [0.05, 0.1) is 18.6 Å². The van der Waals surface area contributed by atoms with Gasteiger partial charge < -0.3 is 20.3 Å². The fraction of sp³-hybridized carbons (Fsp3) is 0.320. The number of carbonyl (C=O) groups excluding carboxylic acids is 1. The van der Waals surface area contributed by atoms with E-state index in [-0.39, 0.29) is 18.5 Å². The number of aliphatic hydroxyl groups excluding tert-OH is 1. The lowest BCUT2D eigenvalue weighted by atomic mass is 9.82. The van der Waals surface area contributed by atoms with Crippen LogP contribution >= 0.6 is 11.6 Å². The molecule has 0 unspecified atom stereocenters. The lowest BCUT2D eigenvalue weighted by Gasteiger charge is -2.28. The van der Waals surface area contributed by atoms with Gasteiger partial charge in [-0.3, -0.25) is 9.59 Å². The van der Waals surface area contributed by atoms with Crippen LogP contribution in [0.15, 0.2) is 48.5 Å². The first kappa shape index (κ1) is 26.2. The molecule has 4 N–H and O–H groups in total. The molecule has 1 amide bonds. The molecule has 10 heteroatoms. The highest BCUT2D eigenvalue weighted by Gasteiger charge is 2.36. The maximum absolute atomic E-state index is 14.2. The first-order chi connectivity index (χ1) is 16.6. The highest BCUT2D eigenvalue weighted by atomic mass is 35.5. The highest BCUT2D eigenvalue weighted by molar-refractivity contribution is 6.30. The number of amides is 1. The minimum Gasteiger partial charge on any atom is -0.481 e. The van der Waals surface area contributed by atoms with Crippen LogP contribution in [0.3, 0.4) is 0 Å². The molecule has 186 valence electrons. The molecule has 0 saturated carbocycles. The van der Waals surface area contributed by atoms with E-state index >= 15 is 0 Å².